The zero-order valence-corrected chi connectivity index (χ0v) is 9.56. The Labute approximate surface area is 95.3 Å². The van der Waals surface area contributed by atoms with Gasteiger partial charge in [-0.15, -0.1) is 0 Å². The molecule has 0 saturated heterocycles. The third kappa shape index (κ3) is 2.08. The highest BCUT2D eigenvalue weighted by molar-refractivity contribution is 5.95. The van der Waals surface area contributed by atoms with Crippen molar-refractivity contribution < 1.29 is 9.53 Å². The van der Waals surface area contributed by atoms with Gasteiger partial charge in [0.15, 0.2) is 0 Å². The van der Waals surface area contributed by atoms with Crippen LogP contribution in [-0.2, 0) is 11.3 Å². The zero-order chi connectivity index (χ0) is 11.5. The van der Waals surface area contributed by atoms with E-state index < -0.39 is 0 Å². The summed E-state index contributed by atoms with van der Waals surface area (Å²) in [6.45, 7) is 3.21. The SMILES string of the molecule is COc1cccc(CN2CC=C(C)C2=O)c1. The van der Waals surface area contributed by atoms with Crippen LogP contribution in [0.2, 0.25) is 0 Å². The van der Waals surface area contributed by atoms with E-state index in [1.165, 1.54) is 0 Å². The minimum Gasteiger partial charge on any atom is -0.497 e. The molecule has 1 heterocycles. The van der Waals surface area contributed by atoms with Crippen LogP contribution in [0, 0.1) is 0 Å². The van der Waals surface area contributed by atoms with Crippen molar-refractivity contribution in [3.8, 4) is 5.75 Å². The average Bonchev–Trinajstić information content (AvgIpc) is 2.61. The van der Waals surface area contributed by atoms with Crippen molar-refractivity contribution >= 4 is 5.91 Å². The molecule has 1 aromatic rings. The molecule has 16 heavy (non-hydrogen) atoms. The number of benzene rings is 1. The highest BCUT2D eigenvalue weighted by Gasteiger charge is 2.20. The van der Waals surface area contributed by atoms with Crippen LogP contribution in [0.15, 0.2) is 35.9 Å². The van der Waals surface area contributed by atoms with Gasteiger partial charge in [-0.1, -0.05) is 18.2 Å². The molecular weight excluding hydrogens is 202 g/mol. The van der Waals surface area contributed by atoms with E-state index in [4.69, 9.17) is 4.74 Å². The Bertz CT molecular complexity index is 437. The maximum absolute atomic E-state index is 11.7. The van der Waals surface area contributed by atoms with Gasteiger partial charge in [0.2, 0.25) is 5.91 Å². The van der Waals surface area contributed by atoms with E-state index in [1.54, 1.807) is 7.11 Å². The number of carbonyl (C=O) groups excluding carboxylic acids is 1. The van der Waals surface area contributed by atoms with E-state index in [0.29, 0.717) is 13.1 Å². The van der Waals surface area contributed by atoms with Gasteiger partial charge in [-0.05, 0) is 24.6 Å². The molecule has 3 nitrogen and oxygen atoms in total. The fourth-order valence-corrected chi connectivity index (χ4v) is 1.79. The van der Waals surface area contributed by atoms with E-state index in [2.05, 4.69) is 0 Å². The first-order chi connectivity index (χ1) is 7.70. The molecule has 1 amide bonds. The molecule has 1 aliphatic rings. The lowest BCUT2D eigenvalue weighted by Gasteiger charge is -2.16. The van der Waals surface area contributed by atoms with Crippen LogP contribution in [0.25, 0.3) is 0 Å². The maximum atomic E-state index is 11.7. The van der Waals surface area contributed by atoms with E-state index in [0.717, 1.165) is 16.9 Å². The molecule has 0 bridgehead atoms. The van der Waals surface area contributed by atoms with Gasteiger partial charge in [-0.25, -0.2) is 0 Å². The first-order valence-electron chi connectivity index (χ1n) is 5.29. The summed E-state index contributed by atoms with van der Waals surface area (Å²) in [7, 11) is 1.64. The monoisotopic (exact) mass is 217 g/mol. The van der Waals surface area contributed by atoms with Crippen molar-refractivity contribution in [2.24, 2.45) is 0 Å². The Balaban J connectivity index is 2.07. The van der Waals surface area contributed by atoms with E-state index in [-0.39, 0.29) is 5.91 Å². The lowest BCUT2D eigenvalue weighted by atomic mass is 10.2. The fourth-order valence-electron chi connectivity index (χ4n) is 1.79. The average molecular weight is 217 g/mol. The first-order valence-corrected chi connectivity index (χ1v) is 5.29. The summed E-state index contributed by atoms with van der Waals surface area (Å²) in [5.41, 5.74) is 1.93. The Kier molecular flexibility index (Phi) is 2.95. The molecular formula is C13H15NO2. The third-order valence-electron chi connectivity index (χ3n) is 2.75. The summed E-state index contributed by atoms with van der Waals surface area (Å²) in [6, 6.07) is 7.80. The second-order valence-electron chi connectivity index (χ2n) is 3.92. The number of amides is 1. The van der Waals surface area contributed by atoms with Crippen molar-refractivity contribution in [1.29, 1.82) is 0 Å². The van der Waals surface area contributed by atoms with Crippen LogP contribution in [-0.4, -0.2) is 24.5 Å². The lowest BCUT2D eigenvalue weighted by molar-refractivity contribution is -0.125. The van der Waals surface area contributed by atoms with Gasteiger partial charge in [-0.3, -0.25) is 4.79 Å². The summed E-state index contributed by atoms with van der Waals surface area (Å²) in [5, 5.41) is 0. The molecule has 0 saturated carbocycles. The highest BCUT2D eigenvalue weighted by Crippen LogP contribution is 2.17. The van der Waals surface area contributed by atoms with Crippen LogP contribution >= 0.6 is 0 Å². The van der Waals surface area contributed by atoms with Crippen molar-refractivity contribution in [1.82, 2.24) is 4.90 Å². The van der Waals surface area contributed by atoms with Crippen LogP contribution in [0.1, 0.15) is 12.5 Å². The molecule has 0 fully saturated rings. The fraction of sp³-hybridized carbons (Fsp3) is 0.308. The minimum atomic E-state index is 0.128. The molecule has 0 aromatic heterocycles. The summed E-state index contributed by atoms with van der Waals surface area (Å²) >= 11 is 0. The van der Waals surface area contributed by atoms with Gasteiger partial charge in [0.1, 0.15) is 5.75 Å². The Morgan fingerprint density at radius 3 is 2.88 bits per heavy atom. The summed E-state index contributed by atoms with van der Waals surface area (Å²) < 4.78 is 5.15. The predicted octanol–water partition coefficient (Wildman–Crippen LogP) is 1.98. The molecule has 2 rings (SSSR count). The van der Waals surface area contributed by atoms with Crippen molar-refractivity contribution in [2.75, 3.05) is 13.7 Å². The molecule has 0 N–H and O–H groups in total. The summed E-state index contributed by atoms with van der Waals surface area (Å²) in [5.74, 6) is 0.955. The molecule has 0 spiro atoms. The molecule has 1 aromatic carbocycles. The molecule has 84 valence electrons. The Morgan fingerprint density at radius 1 is 1.44 bits per heavy atom. The molecule has 0 aliphatic carbocycles. The minimum absolute atomic E-state index is 0.128. The summed E-state index contributed by atoms with van der Waals surface area (Å²) in [4.78, 5) is 13.5. The number of carbonyl (C=O) groups is 1. The van der Waals surface area contributed by atoms with Gasteiger partial charge in [0.25, 0.3) is 0 Å². The molecule has 1 aliphatic heterocycles. The van der Waals surface area contributed by atoms with Gasteiger partial charge in [0, 0.05) is 18.7 Å². The van der Waals surface area contributed by atoms with Crippen LogP contribution in [0.4, 0.5) is 0 Å². The topological polar surface area (TPSA) is 29.5 Å². The zero-order valence-electron chi connectivity index (χ0n) is 9.56. The van der Waals surface area contributed by atoms with Gasteiger partial charge < -0.3 is 9.64 Å². The lowest BCUT2D eigenvalue weighted by Crippen LogP contribution is -2.25. The molecule has 0 unspecified atom stereocenters. The number of nitrogens with zero attached hydrogens (tertiary/aromatic N) is 1. The van der Waals surface area contributed by atoms with Crippen LogP contribution < -0.4 is 4.74 Å². The molecule has 0 radical (unpaired) electrons. The number of rotatable bonds is 3. The molecule has 0 atom stereocenters. The van der Waals surface area contributed by atoms with Gasteiger partial charge in [-0.2, -0.15) is 0 Å². The van der Waals surface area contributed by atoms with E-state index in [9.17, 15) is 4.79 Å². The highest BCUT2D eigenvalue weighted by atomic mass is 16.5. The number of hydrogen-bond donors (Lipinski definition) is 0. The van der Waals surface area contributed by atoms with E-state index >= 15 is 0 Å². The predicted molar refractivity (Wildman–Crippen MR) is 62.2 cm³/mol. The second-order valence-corrected chi connectivity index (χ2v) is 3.92. The van der Waals surface area contributed by atoms with Crippen LogP contribution in [0.3, 0.4) is 0 Å². The largest absolute Gasteiger partial charge is 0.497 e. The van der Waals surface area contributed by atoms with Gasteiger partial charge in [0.05, 0.1) is 7.11 Å². The number of hydrogen-bond acceptors (Lipinski definition) is 2. The first kappa shape index (κ1) is 10.7. The van der Waals surface area contributed by atoms with Crippen molar-refractivity contribution in [3.63, 3.8) is 0 Å². The Morgan fingerprint density at radius 2 is 2.25 bits per heavy atom. The normalized spacial score (nSPS) is 15.2. The van der Waals surface area contributed by atoms with Crippen molar-refractivity contribution in [3.05, 3.63) is 41.5 Å². The number of methoxy groups -OCH3 is 1. The van der Waals surface area contributed by atoms with Crippen molar-refractivity contribution in [2.45, 2.75) is 13.5 Å². The molecule has 3 heteroatoms. The third-order valence-corrected chi connectivity index (χ3v) is 2.75. The summed E-state index contributed by atoms with van der Waals surface area (Å²) in [6.07, 6.45) is 1.96. The number of ether oxygens (including phenoxy) is 1. The van der Waals surface area contributed by atoms with E-state index in [1.807, 2.05) is 42.2 Å². The van der Waals surface area contributed by atoms with Crippen LogP contribution in [0.5, 0.6) is 5.75 Å². The maximum Gasteiger partial charge on any atom is 0.249 e. The van der Waals surface area contributed by atoms with Gasteiger partial charge >= 0.3 is 0 Å². The quantitative estimate of drug-likeness (QED) is 0.774. The second kappa shape index (κ2) is 4.39. The Hall–Kier alpha value is -1.77. The standard InChI is InChI=1S/C13H15NO2/c1-10-6-7-14(13(10)15)9-11-4-3-5-12(8-11)16-2/h3-6,8H,7,9H2,1-2H3. The smallest absolute Gasteiger partial charge is 0.249 e.